The summed E-state index contributed by atoms with van der Waals surface area (Å²) < 4.78 is 0.812. The Balaban J connectivity index is 2.19. The number of halogens is 2. The Labute approximate surface area is 148 Å². The number of carbonyl (C=O) groups is 2. The molecule has 0 saturated carbocycles. The molecule has 7 heteroatoms. The number of carbonyl (C=O) groups excluding carboxylic acids is 2. The number of hydrogen-bond donors (Lipinski definition) is 1. The Morgan fingerprint density at radius 2 is 2.09 bits per heavy atom. The molecule has 2 rings (SSSR count). The van der Waals surface area contributed by atoms with Crippen LogP contribution in [-0.2, 0) is 4.79 Å². The van der Waals surface area contributed by atoms with Gasteiger partial charge in [0, 0.05) is 15.8 Å². The molecule has 0 aromatic heterocycles. The highest BCUT2D eigenvalue weighted by atomic mass is 79.9. The largest absolute Gasteiger partial charge is 0.350 e. The maximum Gasteiger partial charge on any atom is 0.256 e. The molecule has 2 amide bonds. The Morgan fingerprint density at radius 1 is 1.41 bits per heavy atom. The van der Waals surface area contributed by atoms with Crippen LogP contribution in [0.3, 0.4) is 0 Å². The van der Waals surface area contributed by atoms with E-state index in [1.165, 1.54) is 0 Å². The third-order valence-electron chi connectivity index (χ3n) is 3.11. The summed E-state index contributed by atoms with van der Waals surface area (Å²) in [7, 11) is 0. The van der Waals surface area contributed by atoms with E-state index in [0.29, 0.717) is 22.2 Å². The normalized spacial score (nSPS) is 18.4. The molecule has 0 bridgehead atoms. The van der Waals surface area contributed by atoms with Crippen molar-refractivity contribution in [3.63, 3.8) is 0 Å². The van der Waals surface area contributed by atoms with E-state index in [0.717, 1.165) is 4.47 Å². The summed E-state index contributed by atoms with van der Waals surface area (Å²) in [6, 6.07) is 4.67. The standard InChI is InChI=1S/C15H18BrClN2O2S/c1-15(2,3)18-13(20)12-7-22-8-19(12)14(21)10-5-4-9(16)6-11(10)17/h4-6,12H,7-8H2,1-3H3,(H,18,20). The zero-order valence-corrected chi connectivity index (χ0v) is 15.8. The molecule has 1 aromatic carbocycles. The zero-order valence-electron chi connectivity index (χ0n) is 12.7. The van der Waals surface area contributed by atoms with E-state index >= 15 is 0 Å². The van der Waals surface area contributed by atoms with Crippen molar-refractivity contribution in [2.75, 3.05) is 11.6 Å². The van der Waals surface area contributed by atoms with E-state index < -0.39 is 6.04 Å². The van der Waals surface area contributed by atoms with Gasteiger partial charge in [-0.1, -0.05) is 27.5 Å². The highest BCUT2D eigenvalue weighted by Gasteiger charge is 2.36. The lowest BCUT2D eigenvalue weighted by atomic mass is 10.1. The van der Waals surface area contributed by atoms with Crippen LogP contribution in [0.4, 0.5) is 0 Å². The second-order valence-electron chi connectivity index (χ2n) is 6.15. The molecule has 22 heavy (non-hydrogen) atoms. The maximum atomic E-state index is 12.7. The molecule has 1 aromatic rings. The van der Waals surface area contributed by atoms with Gasteiger partial charge in [0.2, 0.25) is 5.91 Å². The first-order valence-corrected chi connectivity index (χ1v) is 9.17. The number of hydrogen-bond acceptors (Lipinski definition) is 3. The first kappa shape index (κ1) is 17.6. The van der Waals surface area contributed by atoms with Gasteiger partial charge in [0.1, 0.15) is 6.04 Å². The molecule has 0 spiro atoms. The van der Waals surface area contributed by atoms with Crippen molar-refractivity contribution in [2.24, 2.45) is 0 Å². The lowest BCUT2D eigenvalue weighted by molar-refractivity contribution is -0.125. The van der Waals surface area contributed by atoms with E-state index in [-0.39, 0.29) is 17.4 Å². The minimum Gasteiger partial charge on any atom is -0.350 e. The van der Waals surface area contributed by atoms with Crippen molar-refractivity contribution in [1.82, 2.24) is 10.2 Å². The van der Waals surface area contributed by atoms with Gasteiger partial charge < -0.3 is 10.2 Å². The van der Waals surface area contributed by atoms with Crippen LogP contribution in [0.15, 0.2) is 22.7 Å². The SMILES string of the molecule is CC(C)(C)NC(=O)C1CSCN1C(=O)c1ccc(Br)cc1Cl. The average molecular weight is 406 g/mol. The smallest absolute Gasteiger partial charge is 0.256 e. The maximum absolute atomic E-state index is 12.7. The lowest BCUT2D eigenvalue weighted by Gasteiger charge is -2.28. The van der Waals surface area contributed by atoms with Crippen LogP contribution in [0.25, 0.3) is 0 Å². The second-order valence-corrected chi connectivity index (χ2v) is 8.48. The van der Waals surface area contributed by atoms with Crippen LogP contribution in [0, 0.1) is 0 Å². The Morgan fingerprint density at radius 3 is 2.68 bits per heavy atom. The van der Waals surface area contributed by atoms with Crippen molar-refractivity contribution in [1.29, 1.82) is 0 Å². The molecule has 0 radical (unpaired) electrons. The van der Waals surface area contributed by atoms with Crippen molar-refractivity contribution in [3.05, 3.63) is 33.3 Å². The summed E-state index contributed by atoms with van der Waals surface area (Å²) in [4.78, 5) is 26.7. The summed E-state index contributed by atoms with van der Waals surface area (Å²) >= 11 is 11.0. The summed E-state index contributed by atoms with van der Waals surface area (Å²) in [6.45, 7) is 5.76. The van der Waals surface area contributed by atoms with Crippen molar-refractivity contribution in [2.45, 2.75) is 32.4 Å². The highest BCUT2D eigenvalue weighted by molar-refractivity contribution is 9.10. The van der Waals surface area contributed by atoms with Gasteiger partial charge in [-0.15, -0.1) is 11.8 Å². The molecule has 1 N–H and O–H groups in total. The second kappa shape index (κ2) is 6.81. The van der Waals surface area contributed by atoms with Crippen LogP contribution < -0.4 is 5.32 Å². The number of amides is 2. The fourth-order valence-corrected chi connectivity index (χ4v) is 4.04. The fraction of sp³-hybridized carbons (Fsp3) is 0.467. The summed E-state index contributed by atoms with van der Waals surface area (Å²) in [6.07, 6.45) is 0. The molecule has 1 heterocycles. The third kappa shape index (κ3) is 4.18. The Hall–Kier alpha value is -0.720. The average Bonchev–Trinajstić information content (AvgIpc) is 2.85. The van der Waals surface area contributed by atoms with E-state index in [4.69, 9.17) is 11.6 Å². The number of thioether (sulfide) groups is 1. The topological polar surface area (TPSA) is 49.4 Å². The molecule has 0 aliphatic carbocycles. The molecule has 1 unspecified atom stereocenters. The van der Waals surface area contributed by atoms with Gasteiger partial charge in [-0.05, 0) is 39.0 Å². The Kier molecular flexibility index (Phi) is 5.45. The van der Waals surface area contributed by atoms with Crippen molar-refractivity contribution < 1.29 is 9.59 Å². The number of nitrogens with zero attached hydrogens (tertiary/aromatic N) is 1. The molecule has 4 nitrogen and oxygen atoms in total. The van der Waals surface area contributed by atoms with Gasteiger partial charge >= 0.3 is 0 Å². The summed E-state index contributed by atoms with van der Waals surface area (Å²) in [5.74, 6) is 0.755. The highest BCUT2D eigenvalue weighted by Crippen LogP contribution is 2.28. The summed E-state index contributed by atoms with van der Waals surface area (Å²) in [5, 5.41) is 3.32. The van der Waals surface area contributed by atoms with Gasteiger partial charge in [-0.2, -0.15) is 0 Å². The monoisotopic (exact) mass is 404 g/mol. The van der Waals surface area contributed by atoms with E-state index in [1.54, 1.807) is 34.9 Å². The van der Waals surface area contributed by atoms with Crippen molar-refractivity contribution in [3.8, 4) is 0 Å². The van der Waals surface area contributed by atoms with Crippen LogP contribution in [-0.4, -0.2) is 39.9 Å². The third-order valence-corrected chi connectivity index (χ3v) is 4.92. The summed E-state index contributed by atoms with van der Waals surface area (Å²) in [5.41, 5.74) is 0.0924. The van der Waals surface area contributed by atoms with Gasteiger partial charge in [-0.3, -0.25) is 9.59 Å². The molecular weight excluding hydrogens is 388 g/mol. The minimum atomic E-state index is -0.462. The van der Waals surface area contributed by atoms with E-state index in [2.05, 4.69) is 21.2 Å². The van der Waals surface area contributed by atoms with Gasteiger partial charge in [0.05, 0.1) is 16.5 Å². The Bertz CT molecular complexity index is 604. The number of benzene rings is 1. The van der Waals surface area contributed by atoms with Crippen LogP contribution >= 0.6 is 39.3 Å². The van der Waals surface area contributed by atoms with Crippen LogP contribution in [0.2, 0.25) is 5.02 Å². The number of nitrogens with one attached hydrogen (secondary N) is 1. The molecule has 1 aliphatic heterocycles. The van der Waals surface area contributed by atoms with Crippen LogP contribution in [0.1, 0.15) is 31.1 Å². The quantitative estimate of drug-likeness (QED) is 0.819. The van der Waals surface area contributed by atoms with Gasteiger partial charge in [-0.25, -0.2) is 0 Å². The van der Waals surface area contributed by atoms with Gasteiger partial charge in [0.25, 0.3) is 5.91 Å². The molecule has 120 valence electrons. The lowest BCUT2D eigenvalue weighted by Crippen LogP contribution is -2.52. The first-order chi connectivity index (χ1) is 10.2. The van der Waals surface area contributed by atoms with E-state index in [9.17, 15) is 9.59 Å². The zero-order chi connectivity index (χ0) is 16.5. The molecule has 1 aliphatic rings. The van der Waals surface area contributed by atoms with E-state index in [1.807, 2.05) is 20.8 Å². The van der Waals surface area contributed by atoms with Crippen LogP contribution in [0.5, 0.6) is 0 Å². The molecule has 1 fully saturated rings. The fourth-order valence-electron chi connectivity index (χ4n) is 2.13. The molecular formula is C15H18BrClN2O2S. The number of rotatable bonds is 2. The molecule has 1 atom stereocenters. The first-order valence-electron chi connectivity index (χ1n) is 6.85. The predicted octanol–water partition coefficient (Wildman–Crippen LogP) is 3.53. The molecule has 1 saturated heterocycles. The minimum absolute atomic E-state index is 0.126. The van der Waals surface area contributed by atoms with Gasteiger partial charge in [0.15, 0.2) is 0 Å². The van der Waals surface area contributed by atoms with Crippen molar-refractivity contribution >= 4 is 51.1 Å². The predicted molar refractivity (Wildman–Crippen MR) is 94.3 cm³/mol.